The number of carbonyl (C=O) groups is 1. The van der Waals surface area contributed by atoms with Crippen molar-refractivity contribution in [3.05, 3.63) is 58.1 Å². The van der Waals surface area contributed by atoms with Gasteiger partial charge >= 0.3 is 0 Å². The Labute approximate surface area is 164 Å². The maximum Gasteiger partial charge on any atom is 0.233 e. The smallest absolute Gasteiger partial charge is 0.233 e. The lowest BCUT2D eigenvalue weighted by Crippen LogP contribution is -2.26. The van der Waals surface area contributed by atoms with Crippen molar-refractivity contribution in [1.82, 2.24) is 14.9 Å². The second-order valence-electron chi connectivity index (χ2n) is 5.38. The summed E-state index contributed by atoms with van der Waals surface area (Å²) in [4.78, 5) is 12.0. The molecule has 3 rings (SSSR count). The fraction of sp³-hybridized carbons (Fsp3) is 0.118. The fourth-order valence-corrected chi connectivity index (χ4v) is 4.34. The lowest BCUT2D eigenvalue weighted by atomic mass is 10.2. The lowest BCUT2D eigenvalue weighted by Gasteiger charge is -2.03. The molecule has 2 N–H and O–H groups in total. The third-order valence-corrected chi connectivity index (χ3v) is 6.01. The highest BCUT2D eigenvalue weighted by atomic mass is 32.2. The first-order valence-electron chi connectivity index (χ1n) is 7.90. The van der Waals surface area contributed by atoms with E-state index in [4.69, 9.17) is 0 Å². The molecule has 0 saturated heterocycles. The Morgan fingerprint density at radius 3 is 2.70 bits per heavy atom. The number of amides is 1. The quantitative estimate of drug-likeness (QED) is 0.583. The molecule has 2 aromatic heterocycles. The molecule has 2 heterocycles. The number of rotatable bonds is 8. The van der Waals surface area contributed by atoms with Crippen LogP contribution in [0.15, 0.2) is 52.6 Å². The number of nitrogens with zero attached hydrogens (tertiary/aromatic N) is 2. The summed E-state index contributed by atoms with van der Waals surface area (Å²) in [5.41, 5.74) is 1.73. The molecular weight excluding hydrogens is 404 g/mol. The van der Waals surface area contributed by atoms with Gasteiger partial charge < -0.3 is 5.32 Å². The average molecular weight is 421 g/mol. The van der Waals surface area contributed by atoms with Crippen LogP contribution in [0.5, 0.6) is 0 Å². The molecule has 10 heteroatoms. The zero-order valence-electron chi connectivity index (χ0n) is 14.0. The third-order valence-electron chi connectivity index (χ3n) is 3.33. The average Bonchev–Trinajstić information content (AvgIpc) is 3.32. The molecule has 0 bridgehead atoms. The number of nitrogens with one attached hydrogen (secondary N) is 2. The van der Waals surface area contributed by atoms with Gasteiger partial charge in [-0.2, -0.15) is 11.3 Å². The first-order valence-corrected chi connectivity index (χ1v) is 11.2. The second kappa shape index (κ2) is 9.00. The highest BCUT2D eigenvalue weighted by Crippen LogP contribution is 2.27. The van der Waals surface area contributed by atoms with Crippen molar-refractivity contribution in [2.45, 2.75) is 6.42 Å². The molecule has 140 valence electrons. The monoisotopic (exact) mass is 420 g/mol. The normalized spacial score (nSPS) is 11.7. The standard InChI is InChI=1S/C17H16N4O3S3/c22-15(19-17-21-20-16(26-17)14-7-10-25-12-14)6-9-18-27(23,24)11-8-13-4-2-1-3-5-13/h1-5,7-8,10-12,18H,6,9H2,(H,19,21,22)/b11-8+. The molecule has 0 aliphatic carbocycles. The zero-order valence-corrected chi connectivity index (χ0v) is 16.5. The molecule has 27 heavy (non-hydrogen) atoms. The van der Waals surface area contributed by atoms with Crippen LogP contribution < -0.4 is 10.0 Å². The van der Waals surface area contributed by atoms with Crippen LogP contribution in [0.2, 0.25) is 0 Å². The van der Waals surface area contributed by atoms with E-state index in [-0.39, 0.29) is 18.9 Å². The van der Waals surface area contributed by atoms with Crippen LogP contribution in [0.25, 0.3) is 16.6 Å². The lowest BCUT2D eigenvalue weighted by molar-refractivity contribution is -0.116. The van der Waals surface area contributed by atoms with E-state index in [9.17, 15) is 13.2 Å². The molecule has 0 spiro atoms. The fourth-order valence-electron chi connectivity index (χ4n) is 2.05. The molecule has 1 aromatic carbocycles. The summed E-state index contributed by atoms with van der Waals surface area (Å²) >= 11 is 2.82. The number of benzene rings is 1. The van der Waals surface area contributed by atoms with Crippen molar-refractivity contribution in [3.8, 4) is 10.6 Å². The van der Waals surface area contributed by atoms with Gasteiger partial charge in [-0.1, -0.05) is 41.7 Å². The predicted octanol–water partition coefficient (Wildman–Crippen LogP) is 3.19. The predicted molar refractivity (Wildman–Crippen MR) is 109 cm³/mol. The van der Waals surface area contributed by atoms with Crippen molar-refractivity contribution in [1.29, 1.82) is 0 Å². The van der Waals surface area contributed by atoms with Crippen LogP contribution in [-0.4, -0.2) is 31.1 Å². The molecule has 0 saturated carbocycles. The van der Waals surface area contributed by atoms with Gasteiger partial charge in [0.05, 0.1) is 0 Å². The van der Waals surface area contributed by atoms with Crippen LogP contribution in [0.1, 0.15) is 12.0 Å². The Morgan fingerprint density at radius 2 is 1.96 bits per heavy atom. The Kier molecular flexibility index (Phi) is 6.45. The third kappa shape index (κ3) is 6.07. The summed E-state index contributed by atoms with van der Waals surface area (Å²) < 4.78 is 26.2. The Hall–Kier alpha value is -2.40. The first-order chi connectivity index (χ1) is 13.0. The van der Waals surface area contributed by atoms with E-state index in [0.29, 0.717) is 5.13 Å². The number of aromatic nitrogens is 2. The number of hydrogen-bond acceptors (Lipinski definition) is 7. The summed E-state index contributed by atoms with van der Waals surface area (Å²) in [6.45, 7) is -0.0104. The first kappa shape index (κ1) is 19.4. The summed E-state index contributed by atoms with van der Waals surface area (Å²) in [6.07, 6.45) is 1.49. The van der Waals surface area contributed by atoms with E-state index in [1.165, 1.54) is 17.4 Å². The van der Waals surface area contributed by atoms with Gasteiger partial charge in [-0.05, 0) is 23.1 Å². The Bertz CT molecular complexity index is 1010. The van der Waals surface area contributed by atoms with Gasteiger partial charge in [-0.25, -0.2) is 13.1 Å². The van der Waals surface area contributed by atoms with E-state index in [2.05, 4.69) is 20.2 Å². The van der Waals surface area contributed by atoms with Crippen molar-refractivity contribution >= 4 is 49.8 Å². The summed E-state index contributed by atoms with van der Waals surface area (Å²) in [6, 6.07) is 11.0. The van der Waals surface area contributed by atoms with Gasteiger partial charge in [-0.15, -0.1) is 10.2 Å². The SMILES string of the molecule is O=C(CCNS(=O)(=O)/C=C/c1ccccc1)Nc1nnc(-c2ccsc2)s1. The minimum Gasteiger partial charge on any atom is -0.300 e. The molecule has 0 aliphatic heterocycles. The molecule has 1 amide bonds. The number of sulfonamides is 1. The van der Waals surface area contributed by atoms with Crippen LogP contribution in [-0.2, 0) is 14.8 Å². The van der Waals surface area contributed by atoms with Gasteiger partial charge in [0, 0.05) is 29.3 Å². The van der Waals surface area contributed by atoms with Gasteiger partial charge in [0.2, 0.25) is 21.1 Å². The van der Waals surface area contributed by atoms with Crippen LogP contribution in [0, 0.1) is 0 Å². The van der Waals surface area contributed by atoms with E-state index >= 15 is 0 Å². The summed E-state index contributed by atoms with van der Waals surface area (Å²) in [7, 11) is -3.61. The maximum atomic E-state index is 12.0. The number of hydrogen-bond donors (Lipinski definition) is 2. The Morgan fingerprint density at radius 1 is 1.15 bits per heavy atom. The second-order valence-corrected chi connectivity index (χ2v) is 8.78. The van der Waals surface area contributed by atoms with E-state index in [0.717, 1.165) is 21.5 Å². The van der Waals surface area contributed by atoms with Crippen LogP contribution >= 0.6 is 22.7 Å². The van der Waals surface area contributed by atoms with Crippen LogP contribution in [0.4, 0.5) is 5.13 Å². The van der Waals surface area contributed by atoms with Crippen molar-refractivity contribution in [2.75, 3.05) is 11.9 Å². The molecule has 0 atom stereocenters. The minimum atomic E-state index is -3.61. The van der Waals surface area contributed by atoms with E-state index in [1.54, 1.807) is 23.5 Å². The molecular formula is C17H16N4O3S3. The molecule has 0 fully saturated rings. The largest absolute Gasteiger partial charge is 0.300 e. The Balaban J connectivity index is 1.46. The molecule has 0 aliphatic rings. The minimum absolute atomic E-state index is 0.00816. The van der Waals surface area contributed by atoms with E-state index < -0.39 is 10.0 Å². The van der Waals surface area contributed by atoms with Gasteiger partial charge in [0.25, 0.3) is 0 Å². The number of carbonyl (C=O) groups excluding carboxylic acids is 1. The highest BCUT2D eigenvalue weighted by Gasteiger charge is 2.11. The highest BCUT2D eigenvalue weighted by molar-refractivity contribution is 7.92. The molecule has 7 nitrogen and oxygen atoms in total. The molecule has 3 aromatic rings. The van der Waals surface area contributed by atoms with Crippen molar-refractivity contribution < 1.29 is 13.2 Å². The van der Waals surface area contributed by atoms with Crippen molar-refractivity contribution in [2.24, 2.45) is 0 Å². The van der Waals surface area contributed by atoms with E-state index in [1.807, 2.05) is 35.0 Å². The zero-order chi connectivity index (χ0) is 19.1. The maximum absolute atomic E-state index is 12.0. The number of anilines is 1. The summed E-state index contributed by atoms with van der Waals surface area (Å²) in [5.74, 6) is -0.335. The molecule has 0 radical (unpaired) electrons. The summed E-state index contributed by atoms with van der Waals surface area (Å²) in [5, 5.41) is 16.6. The van der Waals surface area contributed by atoms with Crippen LogP contribution in [0.3, 0.4) is 0 Å². The van der Waals surface area contributed by atoms with Gasteiger partial charge in [-0.3, -0.25) is 4.79 Å². The number of thiophene rings is 1. The molecule has 0 unspecified atom stereocenters. The van der Waals surface area contributed by atoms with Gasteiger partial charge in [0.1, 0.15) is 5.01 Å². The van der Waals surface area contributed by atoms with Crippen molar-refractivity contribution in [3.63, 3.8) is 0 Å². The topological polar surface area (TPSA) is 101 Å². The van der Waals surface area contributed by atoms with Gasteiger partial charge in [0.15, 0.2) is 0 Å².